The van der Waals surface area contributed by atoms with E-state index in [2.05, 4.69) is 38.9 Å². The van der Waals surface area contributed by atoms with Crippen molar-refractivity contribution in [3.8, 4) is 0 Å². The van der Waals surface area contributed by atoms with Crippen LogP contribution in [-0.2, 0) is 19.6 Å². The molecule has 0 aliphatic heterocycles. The summed E-state index contributed by atoms with van der Waals surface area (Å²) in [7, 11) is 1.78. The molecule has 0 atom stereocenters. The van der Waals surface area contributed by atoms with E-state index in [-0.39, 0.29) is 5.56 Å². The summed E-state index contributed by atoms with van der Waals surface area (Å²) in [4.78, 5) is 16.2. The van der Waals surface area contributed by atoms with Crippen molar-refractivity contribution in [3.05, 3.63) is 88.1 Å². The van der Waals surface area contributed by atoms with E-state index in [1.54, 1.807) is 25.4 Å². The van der Waals surface area contributed by atoms with Crippen LogP contribution in [0, 0.1) is 6.92 Å². The Balaban J connectivity index is 1.44. The Bertz CT molecular complexity index is 1010. The normalized spacial score (nSPS) is 11.5. The van der Waals surface area contributed by atoms with Crippen LogP contribution < -0.4 is 16.2 Å². The fraction of sp³-hybridized carbons (Fsp3) is 0.348. The number of guanidine groups is 1. The van der Waals surface area contributed by atoms with Gasteiger partial charge in [0.05, 0.1) is 6.54 Å². The third kappa shape index (κ3) is 6.07. The van der Waals surface area contributed by atoms with Crippen molar-refractivity contribution < 1.29 is 0 Å². The van der Waals surface area contributed by atoms with Crippen LogP contribution >= 0.6 is 0 Å². The van der Waals surface area contributed by atoms with Crippen molar-refractivity contribution in [2.45, 2.75) is 39.4 Å². The summed E-state index contributed by atoms with van der Waals surface area (Å²) in [6, 6.07) is 15.7. The summed E-state index contributed by atoms with van der Waals surface area (Å²) in [6.45, 7) is 4.94. The molecule has 0 radical (unpaired) electrons. The fourth-order valence-corrected chi connectivity index (χ4v) is 3.36. The van der Waals surface area contributed by atoms with Crippen molar-refractivity contribution in [1.29, 1.82) is 0 Å². The lowest BCUT2D eigenvalue weighted by Crippen LogP contribution is -2.37. The van der Waals surface area contributed by atoms with Gasteiger partial charge >= 0.3 is 0 Å². The van der Waals surface area contributed by atoms with Crippen molar-refractivity contribution in [3.63, 3.8) is 0 Å². The zero-order valence-corrected chi connectivity index (χ0v) is 17.7. The van der Waals surface area contributed by atoms with Gasteiger partial charge in [-0.05, 0) is 43.0 Å². The first-order chi connectivity index (χ1) is 14.7. The van der Waals surface area contributed by atoms with Crippen molar-refractivity contribution >= 4 is 5.96 Å². The molecule has 3 rings (SSSR count). The van der Waals surface area contributed by atoms with Gasteiger partial charge in [-0.1, -0.05) is 30.3 Å². The molecular weight excluding hydrogens is 376 g/mol. The molecule has 2 aromatic heterocycles. The van der Waals surface area contributed by atoms with E-state index < -0.39 is 0 Å². The summed E-state index contributed by atoms with van der Waals surface area (Å²) in [6.07, 6.45) is 5.65. The van der Waals surface area contributed by atoms with E-state index in [1.165, 1.54) is 11.1 Å². The monoisotopic (exact) mass is 406 g/mol. The van der Waals surface area contributed by atoms with Crippen LogP contribution in [0.25, 0.3) is 0 Å². The zero-order chi connectivity index (χ0) is 21.2. The predicted octanol–water partition coefficient (Wildman–Crippen LogP) is 2.55. The second-order valence-electron chi connectivity index (χ2n) is 7.19. The third-order valence-electron chi connectivity index (χ3n) is 5.05. The molecule has 0 amide bonds. The van der Waals surface area contributed by atoms with Crippen LogP contribution in [0.4, 0.5) is 0 Å². The number of nitrogens with one attached hydrogen (secondary N) is 2. The third-order valence-corrected chi connectivity index (χ3v) is 5.05. The van der Waals surface area contributed by atoms with Gasteiger partial charge in [0.15, 0.2) is 5.96 Å². The largest absolute Gasteiger partial charge is 0.356 e. The highest BCUT2D eigenvalue weighted by molar-refractivity contribution is 5.79. The van der Waals surface area contributed by atoms with Gasteiger partial charge in [-0.2, -0.15) is 5.10 Å². The highest BCUT2D eigenvalue weighted by Crippen LogP contribution is 2.10. The Morgan fingerprint density at radius 1 is 1.03 bits per heavy atom. The van der Waals surface area contributed by atoms with Crippen molar-refractivity contribution in [2.24, 2.45) is 4.99 Å². The minimum Gasteiger partial charge on any atom is -0.356 e. The number of hydrogen-bond acceptors (Lipinski definition) is 3. The van der Waals surface area contributed by atoms with Crippen LogP contribution in [0.3, 0.4) is 0 Å². The Kier molecular flexibility index (Phi) is 7.83. The Labute approximate surface area is 177 Å². The topological polar surface area (TPSA) is 76.2 Å². The maximum absolute atomic E-state index is 11.9. The molecule has 2 heterocycles. The summed E-state index contributed by atoms with van der Waals surface area (Å²) < 4.78 is 3.75. The molecule has 158 valence electrons. The lowest BCUT2D eigenvalue weighted by atomic mass is 10.1. The second kappa shape index (κ2) is 11.0. The molecule has 7 heteroatoms. The number of hydrogen-bond donors (Lipinski definition) is 2. The molecular formula is C23H30N6O. The van der Waals surface area contributed by atoms with E-state index in [1.807, 2.05) is 40.6 Å². The zero-order valence-electron chi connectivity index (χ0n) is 17.7. The summed E-state index contributed by atoms with van der Waals surface area (Å²) in [5.41, 5.74) is 3.51. The van der Waals surface area contributed by atoms with Crippen LogP contribution in [0.15, 0.2) is 70.7 Å². The van der Waals surface area contributed by atoms with Gasteiger partial charge in [0.25, 0.3) is 5.56 Å². The molecule has 0 bridgehead atoms. The standard InChI is InChI=1S/C23H30N6O/c1-19-9-7-12-22(30)29(19)16-6-5-13-25-23(24-2)26-17-20-10-3-4-11-21(20)18-28-15-8-14-27-28/h3-4,7-12,14-15H,5-6,13,16-18H2,1-2H3,(H2,24,25,26). The van der Waals surface area contributed by atoms with Gasteiger partial charge in [0, 0.05) is 50.8 Å². The first kappa shape index (κ1) is 21.4. The SMILES string of the molecule is CN=C(NCCCCn1c(C)cccc1=O)NCc1ccccc1Cn1cccn1. The number of pyridine rings is 1. The summed E-state index contributed by atoms with van der Waals surface area (Å²) >= 11 is 0. The molecule has 0 aliphatic rings. The summed E-state index contributed by atoms with van der Waals surface area (Å²) in [5, 5.41) is 11.0. The van der Waals surface area contributed by atoms with Crippen LogP contribution in [-0.4, -0.2) is 33.9 Å². The molecule has 0 saturated carbocycles. The number of nitrogens with zero attached hydrogens (tertiary/aromatic N) is 4. The van der Waals surface area contributed by atoms with E-state index in [0.29, 0.717) is 6.54 Å². The number of aliphatic imine (C=N–C) groups is 1. The first-order valence-corrected chi connectivity index (χ1v) is 10.3. The lowest BCUT2D eigenvalue weighted by molar-refractivity contribution is 0.574. The van der Waals surface area contributed by atoms with Gasteiger partial charge in [-0.25, -0.2) is 0 Å². The van der Waals surface area contributed by atoms with Crippen molar-refractivity contribution in [2.75, 3.05) is 13.6 Å². The first-order valence-electron chi connectivity index (χ1n) is 10.3. The van der Waals surface area contributed by atoms with Gasteiger partial charge in [-0.15, -0.1) is 0 Å². The minimum absolute atomic E-state index is 0.0641. The average Bonchev–Trinajstić information content (AvgIpc) is 3.26. The molecule has 2 N–H and O–H groups in total. The van der Waals surface area contributed by atoms with Gasteiger partial charge < -0.3 is 15.2 Å². The Morgan fingerprint density at radius 2 is 1.87 bits per heavy atom. The molecule has 0 aliphatic carbocycles. The van der Waals surface area contributed by atoms with E-state index in [4.69, 9.17) is 0 Å². The van der Waals surface area contributed by atoms with Crippen molar-refractivity contribution in [1.82, 2.24) is 25.0 Å². The van der Waals surface area contributed by atoms with Crippen LogP contribution in [0.2, 0.25) is 0 Å². The molecule has 0 saturated heterocycles. The number of aromatic nitrogens is 3. The minimum atomic E-state index is 0.0641. The van der Waals surface area contributed by atoms with E-state index >= 15 is 0 Å². The number of aryl methyl sites for hydroxylation is 1. The highest BCUT2D eigenvalue weighted by atomic mass is 16.1. The van der Waals surface area contributed by atoms with E-state index in [9.17, 15) is 4.79 Å². The number of benzene rings is 1. The average molecular weight is 407 g/mol. The Morgan fingerprint density at radius 3 is 2.60 bits per heavy atom. The molecule has 1 aromatic carbocycles. The molecule has 7 nitrogen and oxygen atoms in total. The van der Waals surface area contributed by atoms with Crippen LogP contribution in [0.1, 0.15) is 29.7 Å². The Hall–Kier alpha value is -3.35. The highest BCUT2D eigenvalue weighted by Gasteiger charge is 2.05. The van der Waals surface area contributed by atoms with Gasteiger partial charge in [0.2, 0.25) is 0 Å². The molecule has 0 spiro atoms. The maximum atomic E-state index is 11.9. The lowest BCUT2D eigenvalue weighted by Gasteiger charge is -2.15. The van der Waals surface area contributed by atoms with Gasteiger partial charge in [-0.3, -0.25) is 14.5 Å². The number of unbranched alkanes of at least 4 members (excludes halogenated alkanes) is 1. The fourth-order valence-electron chi connectivity index (χ4n) is 3.36. The maximum Gasteiger partial charge on any atom is 0.250 e. The quantitative estimate of drug-likeness (QED) is 0.325. The second-order valence-corrected chi connectivity index (χ2v) is 7.19. The molecule has 0 fully saturated rings. The molecule has 30 heavy (non-hydrogen) atoms. The summed E-state index contributed by atoms with van der Waals surface area (Å²) in [5.74, 6) is 0.775. The van der Waals surface area contributed by atoms with E-state index in [0.717, 1.165) is 44.1 Å². The van der Waals surface area contributed by atoms with Crippen LogP contribution in [0.5, 0.6) is 0 Å². The molecule has 3 aromatic rings. The van der Waals surface area contributed by atoms with Gasteiger partial charge in [0.1, 0.15) is 0 Å². The predicted molar refractivity (Wildman–Crippen MR) is 121 cm³/mol. The number of rotatable bonds is 9. The molecule has 0 unspecified atom stereocenters. The smallest absolute Gasteiger partial charge is 0.250 e.